The zero-order valence-corrected chi connectivity index (χ0v) is 12.3. The Morgan fingerprint density at radius 2 is 2.29 bits per heavy atom. The Bertz CT molecular complexity index is 700. The highest BCUT2D eigenvalue weighted by atomic mass is 19.1. The largest absolute Gasteiger partial charge is 0.307 e. The zero-order valence-electron chi connectivity index (χ0n) is 12.3. The van der Waals surface area contributed by atoms with Crippen molar-refractivity contribution in [1.29, 1.82) is 0 Å². The number of aliphatic imine (C=N–C) groups is 1. The predicted molar refractivity (Wildman–Crippen MR) is 84.5 cm³/mol. The van der Waals surface area contributed by atoms with Gasteiger partial charge in [-0.2, -0.15) is 0 Å². The van der Waals surface area contributed by atoms with E-state index in [1.54, 1.807) is 24.5 Å². The van der Waals surface area contributed by atoms with E-state index in [1.165, 1.54) is 6.07 Å². The quantitative estimate of drug-likeness (QED) is 0.478. The van der Waals surface area contributed by atoms with E-state index in [2.05, 4.69) is 21.1 Å². The minimum absolute atomic E-state index is 0.0589. The molecule has 2 aromatic rings. The minimum atomic E-state index is -0.229. The highest BCUT2D eigenvalue weighted by Crippen LogP contribution is 2.40. The SMILES string of the molecule is C=CC(C)/N=C\N(C)c1nc2ccc(F)cc2n1C1CC1. The first-order valence-corrected chi connectivity index (χ1v) is 7.16. The molecule has 1 aliphatic rings. The average Bonchev–Trinajstić information content (AvgIpc) is 3.25. The van der Waals surface area contributed by atoms with Crippen molar-refractivity contribution >= 4 is 23.3 Å². The van der Waals surface area contributed by atoms with Crippen LogP contribution < -0.4 is 4.90 Å². The number of aromatic nitrogens is 2. The van der Waals surface area contributed by atoms with Crippen LogP contribution in [0.1, 0.15) is 25.8 Å². The van der Waals surface area contributed by atoms with Gasteiger partial charge in [0, 0.05) is 13.1 Å². The summed E-state index contributed by atoms with van der Waals surface area (Å²) >= 11 is 0. The lowest BCUT2D eigenvalue weighted by Crippen LogP contribution is -2.20. The summed E-state index contributed by atoms with van der Waals surface area (Å²) in [6.07, 6.45) is 5.76. The molecule has 4 nitrogen and oxygen atoms in total. The van der Waals surface area contributed by atoms with Crippen LogP contribution in [-0.4, -0.2) is 29.0 Å². The molecule has 0 spiro atoms. The number of rotatable bonds is 5. The molecule has 1 aromatic carbocycles. The molecule has 1 heterocycles. The summed E-state index contributed by atoms with van der Waals surface area (Å²) < 4.78 is 15.6. The van der Waals surface area contributed by atoms with Crippen LogP contribution in [0.2, 0.25) is 0 Å². The number of halogens is 1. The molecule has 0 saturated heterocycles. The number of imidazole rings is 1. The fourth-order valence-electron chi connectivity index (χ4n) is 2.31. The van der Waals surface area contributed by atoms with Crippen molar-refractivity contribution in [3.63, 3.8) is 0 Å². The molecule has 110 valence electrons. The zero-order chi connectivity index (χ0) is 15.0. The van der Waals surface area contributed by atoms with E-state index in [9.17, 15) is 4.39 Å². The third-order valence-corrected chi connectivity index (χ3v) is 3.68. The minimum Gasteiger partial charge on any atom is -0.307 e. The molecule has 0 N–H and O–H groups in total. The summed E-state index contributed by atoms with van der Waals surface area (Å²) in [6, 6.07) is 5.21. The van der Waals surface area contributed by atoms with E-state index < -0.39 is 0 Å². The summed E-state index contributed by atoms with van der Waals surface area (Å²) in [7, 11) is 1.91. The molecule has 1 aromatic heterocycles. The smallest absolute Gasteiger partial charge is 0.211 e. The van der Waals surface area contributed by atoms with Gasteiger partial charge in [-0.15, -0.1) is 6.58 Å². The maximum Gasteiger partial charge on any atom is 0.211 e. The fraction of sp³-hybridized carbons (Fsp3) is 0.375. The van der Waals surface area contributed by atoms with E-state index in [4.69, 9.17) is 0 Å². The van der Waals surface area contributed by atoms with Gasteiger partial charge in [0.05, 0.1) is 23.4 Å². The number of anilines is 1. The molecule has 1 fully saturated rings. The van der Waals surface area contributed by atoms with Crippen LogP contribution in [0.25, 0.3) is 11.0 Å². The third kappa shape index (κ3) is 2.68. The van der Waals surface area contributed by atoms with Crippen LogP contribution in [0.4, 0.5) is 10.3 Å². The van der Waals surface area contributed by atoms with E-state index in [0.717, 1.165) is 29.8 Å². The standard InChI is InChI=1S/C16H19FN4/c1-4-11(2)18-10-20(3)16-19-14-8-5-12(17)9-15(14)21(16)13-6-7-13/h4-5,8-11,13H,1,6-7H2,2-3H3/b18-10-. The molecule has 21 heavy (non-hydrogen) atoms. The van der Waals surface area contributed by atoms with Crippen molar-refractivity contribution in [3.8, 4) is 0 Å². The number of hydrogen-bond donors (Lipinski definition) is 0. The monoisotopic (exact) mass is 286 g/mol. The summed E-state index contributed by atoms with van der Waals surface area (Å²) in [5.41, 5.74) is 1.67. The number of hydrogen-bond acceptors (Lipinski definition) is 2. The van der Waals surface area contributed by atoms with Gasteiger partial charge in [-0.3, -0.25) is 4.99 Å². The lowest BCUT2D eigenvalue weighted by Gasteiger charge is -2.15. The maximum atomic E-state index is 13.5. The molecule has 0 radical (unpaired) electrons. The van der Waals surface area contributed by atoms with Gasteiger partial charge in [0.25, 0.3) is 0 Å². The van der Waals surface area contributed by atoms with Crippen molar-refractivity contribution in [1.82, 2.24) is 9.55 Å². The maximum absolute atomic E-state index is 13.5. The van der Waals surface area contributed by atoms with Crippen molar-refractivity contribution in [2.24, 2.45) is 4.99 Å². The van der Waals surface area contributed by atoms with Gasteiger partial charge in [-0.05, 0) is 38.0 Å². The average molecular weight is 286 g/mol. The molecular formula is C16H19FN4. The normalized spacial score (nSPS) is 16.5. The van der Waals surface area contributed by atoms with Gasteiger partial charge in [-0.1, -0.05) is 6.08 Å². The fourth-order valence-corrected chi connectivity index (χ4v) is 2.31. The second-order valence-electron chi connectivity index (χ2n) is 5.50. The topological polar surface area (TPSA) is 33.4 Å². The summed E-state index contributed by atoms with van der Waals surface area (Å²) in [6.45, 7) is 5.69. The summed E-state index contributed by atoms with van der Waals surface area (Å²) in [4.78, 5) is 10.9. The second kappa shape index (κ2) is 5.31. The van der Waals surface area contributed by atoms with Gasteiger partial charge >= 0.3 is 0 Å². The lowest BCUT2D eigenvalue weighted by molar-refractivity contribution is 0.628. The molecule has 3 rings (SSSR count). The van der Waals surface area contributed by atoms with Gasteiger partial charge in [0.1, 0.15) is 5.82 Å². The van der Waals surface area contributed by atoms with E-state index in [0.29, 0.717) is 6.04 Å². The Morgan fingerprint density at radius 1 is 1.52 bits per heavy atom. The van der Waals surface area contributed by atoms with Crippen molar-refractivity contribution in [2.45, 2.75) is 31.8 Å². The van der Waals surface area contributed by atoms with Gasteiger partial charge in [0.15, 0.2) is 0 Å². The Balaban J connectivity index is 2.03. The molecule has 0 bridgehead atoms. The van der Waals surface area contributed by atoms with Crippen LogP contribution in [-0.2, 0) is 0 Å². The third-order valence-electron chi connectivity index (χ3n) is 3.68. The van der Waals surface area contributed by atoms with Crippen LogP contribution in [0.15, 0.2) is 35.8 Å². The Labute approximate surface area is 123 Å². The molecule has 1 aliphatic carbocycles. The molecule has 1 saturated carbocycles. The Morgan fingerprint density at radius 3 is 2.95 bits per heavy atom. The van der Waals surface area contributed by atoms with Gasteiger partial charge in [-0.25, -0.2) is 9.37 Å². The number of nitrogens with zero attached hydrogens (tertiary/aromatic N) is 4. The van der Waals surface area contributed by atoms with Crippen molar-refractivity contribution < 1.29 is 4.39 Å². The highest BCUT2D eigenvalue weighted by Gasteiger charge is 2.29. The molecular weight excluding hydrogens is 267 g/mol. The second-order valence-corrected chi connectivity index (χ2v) is 5.50. The van der Waals surface area contributed by atoms with Gasteiger partial charge in [0.2, 0.25) is 5.95 Å². The molecule has 0 aliphatic heterocycles. The lowest BCUT2D eigenvalue weighted by atomic mass is 10.3. The highest BCUT2D eigenvalue weighted by molar-refractivity contribution is 5.84. The van der Waals surface area contributed by atoms with Crippen molar-refractivity contribution in [3.05, 3.63) is 36.7 Å². The predicted octanol–water partition coefficient (Wildman–Crippen LogP) is 3.55. The van der Waals surface area contributed by atoms with E-state index in [1.807, 2.05) is 18.9 Å². The summed E-state index contributed by atoms with van der Waals surface area (Å²) in [5, 5.41) is 0. The molecule has 1 unspecified atom stereocenters. The first-order valence-electron chi connectivity index (χ1n) is 7.16. The Kier molecular flexibility index (Phi) is 3.49. The van der Waals surface area contributed by atoms with Crippen molar-refractivity contribution in [2.75, 3.05) is 11.9 Å². The van der Waals surface area contributed by atoms with E-state index in [-0.39, 0.29) is 11.9 Å². The van der Waals surface area contributed by atoms with Gasteiger partial charge < -0.3 is 9.47 Å². The molecule has 5 heteroatoms. The Hall–Kier alpha value is -2.17. The number of fused-ring (bicyclic) bond motifs is 1. The molecule has 1 atom stereocenters. The molecule has 0 amide bonds. The van der Waals surface area contributed by atoms with E-state index >= 15 is 0 Å². The number of benzene rings is 1. The van der Waals surface area contributed by atoms with Crippen LogP contribution in [0, 0.1) is 5.82 Å². The van der Waals surface area contributed by atoms with Crippen LogP contribution >= 0.6 is 0 Å². The first-order chi connectivity index (χ1) is 10.1. The van der Waals surface area contributed by atoms with Crippen LogP contribution in [0.3, 0.4) is 0 Å². The van der Waals surface area contributed by atoms with Crippen LogP contribution in [0.5, 0.6) is 0 Å². The summed E-state index contributed by atoms with van der Waals surface area (Å²) in [5.74, 6) is 0.575. The first kappa shape index (κ1) is 13.8.